The first kappa shape index (κ1) is 27.6. The lowest BCUT2D eigenvalue weighted by Gasteiger charge is -2.26. The van der Waals surface area contributed by atoms with Crippen LogP contribution >= 0.6 is 0 Å². The second kappa shape index (κ2) is 11.5. The summed E-state index contributed by atoms with van der Waals surface area (Å²) in [5.74, 6) is -0.0741. The summed E-state index contributed by atoms with van der Waals surface area (Å²) in [5.41, 5.74) is 22.5. The molecule has 0 unspecified atom stereocenters. The lowest BCUT2D eigenvalue weighted by atomic mass is 9.77. The van der Waals surface area contributed by atoms with Crippen LogP contribution in [0.4, 0.5) is 5.69 Å². The van der Waals surface area contributed by atoms with Crippen LogP contribution in [0.5, 0.6) is 0 Å². The Morgan fingerprint density at radius 3 is 1.48 bits per heavy atom. The standard InChI is InChI=1S/C44H31NO/c45-38-23-13-12-22-36(38)44(46)33-26-24-32(25-27-33)39-37-28-34-20-10-11-21-35(34)43(37)42(31-18-8-3-9-19-31)41(30-16-6-2-7-17-30)40(39)29-14-4-1-5-15-29/h1-27H,28,45H2. The predicted molar refractivity (Wildman–Crippen MR) is 191 cm³/mol. The molecular formula is C44H31NO. The molecule has 8 rings (SSSR count). The van der Waals surface area contributed by atoms with E-state index < -0.39 is 0 Å². The van der Waals surface area contributed by atoms with Gasteiger partial charge in [0.25, 0.3) is 0 Å². The molecule has 7 aromatic rings. The molecule has 7 aromatic carbocycles. The zero-order chi connectivity index (χ0) is 31.0. The molecule has 0 fully saturated rings. The summed E-state index contributed by atoms with van der Waals surface area (Å²) in [6.45, 7) is 0. The van der Waals surface area contributed by atoms with Crippen molar-refractivity contribution in [3.05, 3.63) is 186 Å². The number of ketones is 1. The summed E-state index contributed by atoms with van der Waals surface area (Å²) in [6.07, 6.45) is 0.830. The molecule has 0 spiro atoms. The van der Waals surface area contributed by atoms with E-state index in [-0.39, 0.29) is 5.78 Å². The number of benzene rings is 7. The van der Waals surface area contributed by atoms with Gasteiger partial charge in [-0.05, 0) is 85.3 Å². The topological polar surface area (TPSA) is 43.1 Å². The van der Waals surface area contributed by atoms with Crippen LogP contribution in [0.25, 0.3) is 55.6 Å². The van der Waals surface area contributed by atoms with Crippen molar-refractivity contribution >= 4 is 11.5 Å². The van der Waals surface area contributed by atoms with Crippen LogP contribution in [0, 0.1) is 0 Å². The van der Waals surface area contributed by atoms with Crippen molar-refractivity contribution < 1.29 is 4.79 Å². The summed E-state index contributed by atoms with van der Waals surface area (Å²) < 4.78 is 0. The zero-order valence-electron chi connectivity index (χ0n) is 25.3. The van der Waals surface area contributed by atoms with Gasteiger partial charge in [-0.15, -0.1) is 0 Å². The van der Waals surface area contributed by atoms with Gasteiger partial charge in [0, 0.05) is 16.8 Å². The first-order chi connectivity index (χ1) is 22.7. The molecule has 2 heteroatoms. The van der Waals surface area contributed by atoms with Crippen LogP contribution in [0.3, 0.4) is 0 Å². The van der Waals surface area contributed by atoms with Gasteiger partial charge in [-0.25, -0.2) is 0 Å². The Bertz CT molecular complexity index is 2220. The van der Waals surface area contributed by atoms with Gasteiger partial charge >= 0.3 is 0 Å². The third-order valence-electron chi connectivity index (χ3n) is 9.09. The van der Waals surface area contributed by atoms with Gasteiger partial charge in [-0.1, -0.05) is 152 Å². The van der Waals surface area contributed by atoms with E-state index in [0.717, 1.165) is 17.5 Å². The Hall–Kier alpha value is -5.99. The highest BCUT2D eigenvalue weighted by atomic mass is 16.1. The minimum Gasteiger partial charge on any atom is -0.398 e. The van der Waals surface area contributed by atoms with E-state index in [1.54, 1.807) is 12.1 Å². The minimum absolute atomic E-state index is 0.0741. The predicted octanol–water partition coefficient (Wildman–Crippen LogP) is 10.7. The normalized spacial score (nSPS) is 11.6. The van der Waals surface area contributed by atoms with E-state index in [9.17, 15) is 4.79 Å². The maximum atomic E-state index is 13.5. The van der Waals surface area contributed by atoms with Crippen molar-refractivity contribution in [2.75, 3.05) is 5.73 Å². The smallest absolute Gasteiger partial charge is 0.195 e. The number of fused-ring (bicyclic) bond motifs is 3. The number of nitrogen functional groups attached to an aromatic ring is 1. The molecule has 0 aliphatic heterocycles. The fourth-order valence-electron chi connectivity index (χ4n) is 7.03. The number of carbonyl (C=O) groups is 1. The second-order valence-electron chi connectivity index (χ2n) is 11.8. The third kappa shape index (κ3) is 4.63. The molecule has 0 atom stereocenters. The van der Waals surface area contributed by atoms with E-state index in [1.807, 2.05) is 24.3 Å². The maximum Gasteiger partial charge on any atom is 0.195 e. The lowest BCUT2D eigenvalue weighted by molar-refractivity contribution is 0.103. The van der Waals surface area contributed by atoms with Crippen molar-refractivity contribution in [1.29, 1.82) is 0 Å². The van der Waals surface area contributed by atoms with Crippen molar-refractivity contribution in [3.8, 4) is 55.6 Å². The van der Waals surface area contributed by atoms with Gasteiger partial charge in [0.15, 0.2) is 5.78 Å². The van der Waals surface area contributed by atoms with Crippen LogP contribution in [-0.4, -0.2) is 5.78 Å². The number of anilines is 1. The highest BCUT2D eigenvalue weighted by Gasteiger charge is 2.32. The molecule has 0 saturated carbocycles. The average molecular weight is 590 g/mol. The quantitative estimate of drug-likeness (QED) is 0.155. The van der Waals surface area contributed by atoms with E-state index in [2.05, 4.69) is 127 Å². The first-order valence-electron chi connectivity index (χ1n) is 15.7. The molecular weight excluding hydrogens is 558 g/mol. The number of hydrogen-bond acceptors (Lipinski definition) is 2. The van der Waals surface area contributed by atoms with Gasteiger partial charge in [-0.3, -0.25) is 4.79 Å². The highest BCUT2D eigenvalue weighted by Crippen LogP contribution is 2.56. The van der Waals surface area contributed by atoms with Gasteiger partial charge in [-0.2, -0.15) is 0 Å². The summed E-state index contributed by atoms with van der Waals surface area (Å²) in [5, 5.41) is 0. The van der Waals surface area contributed by atoms with Crippen molar-refractivity contribution in [2.24, 2.45) is 0 Å². The molecule has 0 aromatic heterocycles. The van der Waals surface area contributed by atoms with Crippen LogP contribution < -0.4 is 5.73 Å². The summed E-state index contributed by atoms with van der Waals surface area (Å²) >= 11 is 0. The molecule has 0 saturated heterocycles. The fourth-order valence-corrected chi connectivity index (χ4v) is 7.03. The van der Waals surface area contributed by atoms with Crippen molar-refractivity contribution in [1.82, 2.24) is 0 Å². The van der Waals surface area contributed by atoms with Crippen molar-refractivity contribution in [2.45, 2.75) is 6.42 Å². The van der Waals surface area contributed by atoms with Crippen LogP contribution in [0.2, 0.25) is 0 Å². The third-order valence-corrected chi connectivity index (χ3v) is 9.09. The second-order valence-corrected chi connectivity index (χ2v) is 11.8. The molecule has 2 N–H and O–H groups in total. The molecule has 218 valence electrons. The van der Waals surface area contributed by atoms with Crippen molar-refractivity contribution in [3.63, 3.8) is 0 Å². The molecule has 0 bridgehead atoms. The average Bonchev–Trinajstić information content (AvgIpc) is 3.51. The summed E-state index contributed by atoms with van der Waals surface area (Å²) in [7, 11) is 0. The number of nitrogens with two attached hydrogens (primary N) is 1. The molecule has 0 amide bonds. The molecule has 1 aliphatic carbocycles. The van der Waals surface area contributed by atoms with Gasteiger partial charge in [0.05, 0.1) is 0 Å². The highest BCUT2D eigenvalue weighted by molar-refractivity contribution is 6.13. The largest absolute Gasteiger partial charge is 0.398 e. The van der Waals surface area contributed by atoms with Gasteiger partial charge < -0.3 is 5.73 Å². The molecule has 0 radical (unpaired) electrons. The summed E-state index contributed by atoms with van der Waals surface area (Å²) in [6, 6.07) is 56.4. The van der Waals surface area contributed by atoms with E-state index in [4.69, 9.17) is 5.73 Å². The Morgan fingerprint density at radius 2 is 0.891 bits per heavy atom. The van der Waals surface area contributed by atoms with E-state index in [0.29, 0.717) is 16.8 Å². The minimum atomic E-state index is -0.0741. The van der Waals surface area contributed by atoms with Crippen LogP contribution in [0.1, 0.15) is 27.0 Å². The Kier molecular flexibility index (Phi) is 6.89. The monoisotopic (exact) mass is 589 g/mol. The Labute approximate surface area is 269 Å². The first-order valence-corrected chi connectivity index (χ1v) is 15.7. The Morgan fingerprint density at radius 1 is 0.435 bits per heavy atom. The SMILES string of the molecule is Nc1ccccc1C(=O)c1ccc(-c2c3c(c(-c4ccccc4)c(-c4ccccc4)c2-c2ccccc2)-c2ccccc2C3)cc1. The van der Waals surface area contributed by atoms with Crippen LogP contribution in [-0.2, 0) is 6.42 Å². The number of para-hydroxylation sites is 1. The summed E-state index contributed by atoms with van der Waals surface area (Å²) in [4.78, 5) is 13.5. The van der Waals surface area contributed by atoms with Crippen LogP contribution in [0.15, 0.2) is 164 Å². The van der Waals surface area contributed by atoms with Gasteiger partial charge in [0.2, 0.25) is 0 Å². The van der Waals surface area contributed by atoms with Gasteiger partial charge in [0.1, 0.15) is 0 Å². The zero-order valence-corrected chi connectivity index (χ0v) is 25.3. The molecule has 1 aliphatic rings. The van der Waals surface area contributed by atoms with E-state index in [1.165, 1.54) is 55.6 Å². The molecule has 0 heterocycles. The Balaban J connectivity index is 1.47. The number of rotatable bonds is 6. The lowest BCUT2D eigenvalue weighted by Crippen LogP contribution is -2.05. The molecule has 2 nitrogen and oxygen atoms in total. The van der Waals surface area contributed by atoms with E-state index >= 15 is 0 Å². The number of hydrogen-bond donors (Lipinski definition) is 1. The fraction of sp³-hybridized carbons (Fsp3) is 0.0227. The molecule has 46 heavy (non-hydrogen) atoms. The number of carbonyl (C=O) groups excluding carboxylic acids is 1. The maximum absolute atomic E-state index is 13.5.